The van der Waals surface area contributed by atoms with E-state index in [0.717, 1.165) is 5.56 Å². The van der Waals surface area contributed by atoms with Crippen LogP contribution in [-0.2, 0) is 6.42 Å². The fraction of sp³-hybridized carbons (Fsp3) is 0.364. The zero-order chi connectivity index (χ0) is 11.3. The lowest BCUT2D eigenvalue weighted by Gasteiger charge is -2.12. The van der Waals surface area contributed by atoms with Gasteiger partial charge in [-0.1, -0.05) is 0 Å². The zero-order valence-electron chi connectivity index (χ0n) is 8.78. The highest BCUT2D eigenvalue weighted by Crippen LogP contribution is 2.34. The molecule has 0 heterocycles. The molecule has 0 aromatic heterocycles. The molecule has 0 atom stereocenters. The van der Waals surface area contributed by atoms with Gasteiger partial charge in [0.05, 0.1) is 20.3 Å². The third kappa shape index (κ3) is 2.53. The molecule has 0 unspecified atom stereocenters. The highest BCUT2D eigenvalue weighted by molar-refractivity contribution is 5.50. The Balaban J connectivity index is 3.13. The summed E-state index contributed by atoms with van der Waals surface area (Å²) < 4.78 is 10.2. The average molecular weight is 207 g/mol. The number of hydrogen-bond donors (Lipinski definition) is 1. The van der Waals surface area contributed by atoms with E-state index in [4.69, 9.17) is 14.7 Å². The predicted octanol–water partition coefficient (Wildman–Crippen LogP) is 1.87. The highest BCUT2D eigenvalue weighted by atomic mass is 16.5. The molecule has 0 spiro atoms. The summed E-state index contributed by atoms with van der Waals surface area (Å²) in [6.07, 6.45) is 0.931. The van der Waals surface area contributed by atoms with Crippen molar-refractivity contribution < 1.29 is 14.6 Å². The second-order valence-electron chi connectivity index (χ2n) is 2.99. The van der Waals surface area contributed by atoms with Crippen LogP contribution in [0.15, 0.2) is 12.1 Å². The van der Waals surface area contributed by atoms with Gasteiger partial charge in [0.15, 0.2) is 0 Å². The Hall–Kier alpha value is -1.89. The summed E-state index contributed by atoms with van der Waals surface area (Å²) in [5.74, 6) is 1.17. The van der Waals surface area contributed by atoms with Crippen LogP contribution in [0.25, 0.3) is 0 Å². The Bertz CT molecular complexity index is 357. The Morgan fingerprint density at radius 2 is 1.80 bits per heavy atom. The summed E-state index contributed by atoms with van der Waals surface area (Å²) in [7, 11) is 3.04. The minimum Gasteiger partial charge on any atom is -0.508 e. The highest BCUT2D eigenvalue weighted by Gasteiger charge is 2.11. The molecule has 0 saturated heterocycles. The molecular formula is C11H13NO3. The fourth-order valence-corrected chi connectivity index (χ4v) is 1.40. The monoisotopic (exact) mass is 207 g/mol. The molecule has 0 aliphatic carbocycles. The van der Waals surface area contributed by atoms with Gasteiger partial charge in [-0.2, -0.15) is 5.26 Å². The van der Waals surface area contributed by atoms with E-state index in [1.807, 2.05) is 0 Å². The molecule has 0 bridgehead atoms. The molecule has 1 rings (SSSR count). The molecule has 1 aromatic carbocycles. The number of nitrogens with zero attached hydrogens (tertiary/aromatic N) is 1. The molecule has 4 heteroatoms. The van der Waals surface area contributed by atoms with Crippen molar-refractivity contribution >= 4 is 0 Å². The predicted molar refractivity (Wildman–Crippen MR) is 55.1 cm³/mol. The standard InChI is InChI=1S/C11H13NO3/c1-14-10-6-8(13)7-11(15-2)9(10)4-3-5-12/h6-7,13H,3-4H2,1-2H3. The quantitative estimate of drug-likeness (QED) is 0.818. The third-order valence-electron chi connectivity index (χ3n) is 2.08. The van der Waals surface area contributed by atoms with Crippen LogP contribution in [-0.4, -0.2) is 19.3 Å². The van der Waals surface area contributed by atoms with Gasteiger partial charge in [0.2, 0.25) is 0 Å². The van der Waals surface area contributed by atoms with E-state index in [0.29, 0.717) is 24.3 Å². The molecule has 0 amide bonds. The van der Waals surface area contributed by atoms with Crippen LogP contribution in [0.2, 0.25) is 0 Å². The van der Waals surface area contributed by atoms with Crippen LogP contribution in [0, 0.1) is 11.3 Å². The maximum atomic E-state index is 9.38. The number of hydrogen-bond acceptors (Lipinski definition) is 4. The number of phenols is 1. The van der Waals surface area contributed by atoms with Gasteiger partial charge in [-0.25, -0.2) is 0 Å². The maximum Gasteiger partial charge on any atom is 0.129 e. The van der Waals surface area contributed by atoms with Gasteiger partial charge in [-0.05, 0) is 6.42 Å². The van der Waals surface area contributed by atoms with E-state index in [2.05, 4.69) is 6.07 Å². The van der Waals surface area contributed by atoms with Gasteiger partial charge in [0.25, 0.3) is 0 Å². The second kappa shape index (κ2) is 5.11. The normalized spacial score (nSPS) is 9.40. The van der Waals surface area contributed by atoms with Gasteiger partial charge in [-0.3, -0.25) is 0 Å². The summed E-state index contributed by atoms with van der Waals surface area (Å²) >= 11 is 0. The Labute approximate surface area is 88.7 Å². The number of benzene rings is 1. The number of methoxy groups -OCH3 is 2. The summed E-state index contributed by atoms with van der Waals surface area (Å²) in [5, 5.41) is 17.9. The zero-order valence-corrected chi connectivity index (χ0v) is 8.78. The lowest BCUT2D eigenvalue weighted by Crippen LogP contribution is -1.96. The molecule has 0 saturated carbocycles. The topological polar surface area (TPSA) is 62.5 Å². The minimum atomic E-state index is 0.0874. The summed E-state index contributed by atoms with van der Waals surface area (Å²) in [5.41, 5.74) is 0.805. The van der Waals surface area contributed by atoms with Crippen molar-refractivity contribution in [3.63, 3.8) is 0 Å². The first-order valence-corrected chi connectivity index (χ1v) is 4.53. The van der Waals surface area contributed by atoms with Gasteiger partial charge in [0.1, 0.15) is 17.2 Å². The lowest BCUT2D eigenvalue weighted by atomic mass is 10.1. The Kier molecular flexibility index (Phi) is 3.81. The number of nitriles is 1. The summed E-state index contributed by atoms with van der Waals surface area (Å²) in [6, 6.07) is 5.08. The Morgan fingerprint density at radius 1 is 1.27 bits per heavy atom. The van der Waals surface area contributed by atoms with Crippen molar-refractivity contribution in [1.82, 2.24) is 0 Å². The molecule has 0 aliphatic rings. The van der Waals surface area contributed by atoms with E-state index in [-0.39, 0.29) is 5.75 Å². The molecule has 0 radical (unpaired) electrons. The van der Waals surface area contributed by atoms with Crippen molar-refractivity contribution in [2.45, 2.75) is 12.8 Å². The molecule has 4 nitrogen and oxygen atoms in total. The Morgan fingerprint density at radius 3 is 2.20 bits per heavy atom. The largest absolute Gasteiger partial charge is 0.508 e. The first kappa shape index (κ1) is 11.2. The molecule has 1 N–H and O–H groups in total. The molecule has 80 valence electrons. The molecular weight excluding hydrogens is 194 g/mol. The van der Waals surface area contributed by atoms with Crippen LogP contribution >= 0.6 is 0 Å². The van der Waals surface area contributed by atoms with E-state index < -0.39 is 0 Å². The first-order valence-electron chi connectivity index (χ1n) is 4.53. The van der Waals surface area contributed by atoms with Gasteiger partial charge in [0, 0.05) is 24.1 Å². The van der Waals surface area contributed by atoms with Crippen molar-refractivity contribution in [3.8, 4) is 23.3 Å². The number of rotatable bonds is 4. The van der Waals surface area contributed by atoms with Crippen LogP contribution in [0.1, 0.15) is 12.0 Å². The first-order chi connectivity index (χ1) is 7.22. The third-order valence-corrected chi connectivity index (χ3v) is 2.08. The van der Waals surface area contributed by atoms with Gasteiger partial charge >= 0.3 is 0 Å². The number of phenolic OH excluding ortho intramolecular Hbond substituents is 1. The van der Waals surface area contributed by atoms with E-state index >= 15 is 0 Å². The van der Waals surface area contributed by atoms with Crippen molar-refractivity contribution in [3.05, 3.63) is 17.7 Å². The van der Waals surface area contributed by atoms with E-state index in [1.54, 1.807) is 0 Å². The smallest absolute Gasteiger partial charge is 0.129 e. The lowest BCUT2D eigenvalue weighted by molar-refractivity contribution is 0.376. The van der Waals surface area contributed by atoms with Crippen molar-refractivity contribution in [1.29, 1.82) is 5.26 Å². The van der Waals surface area contributed by atoms with E-state index in [1.165, 1.54) is 26.4 Å². The van der Waals surface area contributed by atoms with Gasteiger partial charge in [-0.15, -0.1) is 0 Å². The molecule has 0 fully saturated rings. The van der Waals surface area contributed by atoms with Crippen LogP contribution in [0.3, 0.4) is 0 Å². The summed E-state index contributed by atoms with van der Waals surface area (Å²) in [4.78, 5) is 0. The number of ether oxygens (including phenoxy) is 2. The summed E-state index contributed by atoms with van der Waals surface area (Å²) in [6.45, 7) is 0. The van der Waals surface area contributed by atoms with E-state index in [9.17, 15) is 5.11 Å². The van der Waals surface area contributed by atoms with Crippen LogP contribution in [0.4, 0.5) is 0 Å². The molecule has 0 aliphatic heterocycles. The minimum absolute atomic E-state index is 0.0874. The maximum absolute atomic E-state index is 9.38. The van der Waals surface area contributed by atoms with Crippen LogP contribution < -0.4 is 9.47 Å². The van der Waals surface area contributed by atoms with Crippen molar-refractivity contribution in [2.24, 2.45) is 0 Å². The SMILES string of the molecule is COc1cc(O)cc(OC)c1CCC#N. The van der Waals surface area contributed by atoms with Gasteiger partial charge < -0.3 is 14.6 Å². The number of aromatic hydroxyl groups is 1. The van der Waals surface area contributed by atoms with Crippen molar-refractivity contribution in [2.75, 3.05) is 14.2 Å². The average Bonchev–Trinajstić information content (AvgIpc) is 2.26. The molecule has 15 heavy (non-hydrogen) atoms. The fourth-order valence-electron chi connectivity index (χ4n) is 1.40. The van der Waals surface area contributed by atoms with Crippen LogP contribution in [0.5, 0.6) is 17.2 Å². The second-order valence-corrected chi connectivity index (χ2v) is 2.99. The molecule has 1 aromatic rings.